The van der Waals surface area contributed by atoms with Crippen LogP contribution in [0.15, 0.2) is 23.5 Å². The van der Waals surface area contributed by atoms with Gasteiger partial charge in [-0.3, -0.25) is 4.98 Å². The Morgan fingerprint density at radius 3 is 3.00 bits per heavy atom. The lowest BCUT2D eigenvalue weighted by molar-refractivity contribution is 0.0589. The summed E-state index contributed by atoms with van der Waals surface area (Å²) in [6.45, 7) is 2.19. The monoisotopic (exact) mass is 312 g/mol. The molecule has 5 heteroatoms. The standard InChI is InChI=1S/C13H17BrN2O2/c1-9(8-17)4-11-5-13(16-18-11)12-3-2-10(6-14)7-15-12/h2-3,7,9,11,17H,4-6,8H2,1H3. The lowest BCUT2D eigenvalue weighted by atomic mass is 10.00. The second-order valence-electron chi connectivity index (χ2n) is 4.68. The lowest BCUT2D eigenvalue weighted by Gasteiger charge is -2.12. The Morgan fingerprint density at radius 2 is 2.39 bits per heavy atom. The van der Waals surface area contributed by atoms with Gasteiger partial charge in [-0.25, -0.2) is 0 Å². The largest absolute Gasteiger partial charge is 0.396 e. The number of rotatable bonds is 5. The van der Waals surface area contributed by atoms with Crippen molar-refractivity contribution in [3.05, 3.63) is 29.6 Å². The highest BCUT2D eigenvalue weighted by Crippen LogP contribution is 2.21. The molecule has 0 aromatic carbocycles. The van der Waals surface area contributed by atoms with Gasteiger partial charge < -0.3 is 9.94 Å². The highest BCUT2D eigenvalue weighted by Gasteiger charge is 2.24. The van der Waals surface area contributed by atoms with Crippen molar-refractivity contribution in [3.63, 3.8) is 0 Å². The van der Waals surface area contributed by atoms with Crippen molar-refractivity contribution in [3.8, 4) is 0 Å². The number of halogens is 1. The van der Waals surface area contributed by atoms with Gasteiger partial charge in [0.25, 0.3) is 0 Å². The van der Waals surface area contributed by atoms with Gasteiger partial charge in [-0.2, -0.15) is 0 Å². The Balaban J connectivity index is 1.95. The van der Waals surface area contributed by atoms with Crippen molar-refractivity contribution >= 4 is 21.6 Å². The number of hydrogen-bond donors (Lipinski definition) is 1. The van der Waals surface area contributed by atoms with Crippen LogP contribution in [0.25, 0.3) is 0 Å². The lowest BCUT2D eigenvalue weighted by Crippen LogP contribution is -2.15. The van der Waals surface area contributed by atoms with Crippen molar-refractivity contribution in [1.82, 2.24) is 4.98 Å². The first-order chi connectivity index (χ1) is 8.72. The Morgan fingerprint density at radius 1 is 1.56 bits per heavy atom. The SMILES string of the molecule is CC(CO)CC1CC(c2ccc(CBr)cn2)=NO1. The summed E-state index contributed by atoms with van der Waals surface area (Å²) in [5.74, 6) is 0.244. The van der Waals surface area contributed by atoms with Crippen molar-refractivity contribution in [1.29, 1.82) is 0 Å². The van der Waals surface area contributed by atoms with E-state index in [0.29, 0.717) is 0 Å². The maximum absolute atomic E-state index is 9.03. The van der Waals surface area contributed by atoms with E-state index < -0.39 is 0 Å². The van der Waals surface area contributed by atoms with Crippen LogP contribution < -0.4 is 0 Å². The Hall–Kier alpha value is -0.940. The van der Waals surface area contributed by atoms with Gasteiger partial charge in [-0.1, -0.05) is 34.1 Å². The normalized spacial score (nSPS) is 20.4. The average molecular weight is 313 g/mol. The number of aliphatic hydroxyl groups is 1. The first kappa shape index (κ1) is 13.5. The molecule has 0 radical (unpaired) electrons. The fraction of sp³-hybridized carbons (Fsp3) is 0.538. The minimum Gasteiger partial charge on any atom is -0.396 e. The quantitative estimate of drug-likeness (QED) is 0.850. The van der Waals surface area contributed by atoms with Crippen LogP contribution in [-0.4, -0.2) is 28.5 Å². The Kier molecular flexibility index (Phi) is 4.72. The zero-order valence-electron chi connectivity index (χ0n) is 10.3. The maximum Gasteiger partial charge on any atom is 0.133 e. The third-order valence-electron chi connectivity index (χ3n) is 2.98. The van der Waals surface area contributed by atoms with Crippen LogP contribution in [0.2, 0.25) is 0 Å². The topological polar surface area (TPSA) is 54.7 Å². The van der Waals surface area contributed by atoms with E-state index in [9.17, 15) is 0 Å². The van der Waals surface area contributed by atoms with Gasteiger partial charge in [0.2, 0.25) is 0 Å². The summed E-state index contributed by atoms with van der Waals surface area (Å²) in [7, 11) is 0. The molecule has 1 aliphatic heterocycles. The molecule has 1 aliphatic rings. The van der Waals surface area contributed by atoms with Gasteiger partial charge in [-0.05, 0) is 24.0 Å². The molecule has 1 aromatic rings. The summed E-state index contributed by atoms with van der Waals surface area (Å²) >= 11 is 3.39. The second kappa shape index (κ2) is 6.29. The third-order valence-corrected chi connectivity index (χ3v) is 3.63. The Labute approximate surface area is 115 Å². The van der Waals surface area contributed by atoms with Gasteiger partial charge in [0, 0.05) is 24.6 Å². The van der Waals surface area contributed by atoms with Crippen LogP contribution >= 0.6 is 15.9 Å². The number of nitrogens with zero attached hydrogens (tertiary/aromatic N) is 2. The fourth-order valence-electron chi connectivity index (χ4n) is 1.90. The Bertz CT molecular complexity index is 420. The highest BCUT2D eigenvalue weighted by molar-refractivity contribution is 9.08. The number of aromatic nitrogens is 1. The number of aliphatic hydroxyl groups excluding tert-OH is 1. The molecule has 0 amide bonds. The third kappa shape index (κ3) is 3.29. The smallest absolute Gasteiger partial charge is 0.133 e. The molecule has 0 spiro atoms. The summed E-state index contributed by atoms with van der Waals surface area (Å²) in [5, 5.41) is 13.9. The van der Waals surface area contributed by atoms with E-state index in [4.69, 9.17) is 9.94 Å². The van der Waals surface area contributed by atoms with E-state index in [1.165, 1.54) is 0 Å². The molecule has 0 fully saturated rings. The minimum atomic E-state index is 0.0693. The summed E-state index contributed by atoms with van der Waals surface area (Å²) in [5.41, 5.74) is 2.91. The summed E-state index contributed by atoms with van der Waals surface area (Å²) in [6, 6.07) is 4.00. The van der Waals surface area contributed by atoms with Crippen LogP contribution in [-0.2, 0) is 10.2 Å². The van der Waals surface area contributed by atoms with E-state index in [2.05, 4.69) is 26.1 Å². The van der Waals surface area contributed by atoms with Gasteiger partial charge in [0.05, 0.1) is 5.69 Å². The van der Waals surface area contributed by atoms with Gasteiger partial charge in [-0.15, -0.1) is 0 Å². The first-order valence-corrected chi connectivity index (χ1v) is 7.20. The van der Waals surface area contributed by atoms with Gasteiger partial charge in [0.15, 0.2) is 0 Å². The zero-order valence-corrected chi connectivity index (χ0v) is 11.9. The molecule has 2 unspecified atom stereocenters. The molecule has 1 N–H and O–H groups in total. The molecule has 0 aliphatic carbocycles. The van der Waals surface area contributed by atoms with E-state index in [1.54, 1.807) is 0 Å². The molecule has 0 saturated heterocycles. The second-order valence-corrected chi connectivity index (χ2v) is 5.24. The number of hydrogen-bond acceptors (Lipinski definition) is 4. The molecule has 1 aromatic heterocycles. The minimum absolute atomic E-state index is 0.0693. The van der Waals surface area contributed by atoms with Crippen molar-refractivity contribution in [2.24, 2.45) is 11.1 Å². The number of pyridine rings is 1. The van der Waals surface area contributed by atoms with Crippen LogP contribution in [0.4, 0.5) is 0 Å². The van der Waals surface area contributed by atoms with Crippen LogP contribution in [0.5, 0.6) is 0 Å². The van der Waals surface area contributed by atoms with E-state index in [1.807, 2.05) is 25.3 Å². The van der Waals surface area contributed by atoms with Gasteiger partial charge in [0.1, 0.15) is 11.8 Å². The number of oxime groups is 1. The molecule has 2 atom stereocenters. The average Bonchev–Trinajstić information content (AvgIpc) is 2.87. The summed E-state index contributed by atoms with van der Waals surface area (Å²) < 4.78 is 0. The first-order valence-electron chi connectivity index (χ1n) is 6.07. The molecular formula is C13H17BrN2O2. The van der Waals surface area contributed by atoms with Crippen molar-refractivity contribution in [2.45, 2.75) is 31.2 Å². The molecule has 0 saturated carbocycles. The molecule has 98 valence electrons. The van der Waals surface area contributed by atoms with E-state index >= 15 is 0 Å². The fourth-order valence-corrected chi connectivity index (χ4v) is 2.24. The highest BCUT2D eigenvalue weighted by atomic mass is 79.9. The van der Waals surface area contributed by atoms with Crippen LogP contribution in [0.3, 0.4) is 0 Å². The zero-order chi connectivity index (χ0) is 13.0. The molecular weight excluding hydrogens is 296 g/mol. The van der Waals surface area contributed by atoms with Crippen LogP contribution in [0, 0.1) is 5.92 Å². The summed E-state index contributed by atoms with van der Waals surface area (Å²) in [4.78, 5) is 9.75. The van der Waals surface area contributed by atoms with Crippen molar-refractivity contribution in [2.75, 3.05) is 6.61 Å². The predicted molar refractivity (Wildman–Crippen MR) is 73.8 cm³/mol. The van der Waals surface area contributed by atoms with E-state index in [0.717, 1.165) is 35.1 Å². The molecule has 2 heterocycles. The summed E-state index contributed by atoms with van der Waals surface area (Å²) in [6.07, 6.45) is 3.50. The van der Waals surface area contributed by atoms with Gasteiger partial charge >= 0.3 is 0 Å². The molecule has 0 bridgehead atoms. The molecule has 2 rings (SSSR count). The van der Waals surface area contributed by atoms with Crippen LogP contribution in [0.1, 0.15) is 31.0 Å². The predicted octanol–water partition coefficient (Wildman–Crippen LogP) is 2.49. The maximum atomic E-state index is 9.03. The molecule has 4 nitrogen and oxygen atoms in total. The van der Waals surface area contributed by atoms with Crippen molar-refractivity contribution < 1.29 is 9.94 Å². The molecule has 18 heavy (non-hydrogen) atoms. The number of alkyl halides is 1. The van der Waals surface area contributed by atoms with E-state index in [-0.39, 0.29) is 18.6 Å².